The molecule has 0 spiro atoms. The van der Waals surface area contributed by atoms with Crippen molar-refractivity contribution in [3.05, 3.63) is 29.3 Å². The molecule has 1 fully saturated rings. The summed E-state index contributed by atoms with van der Waals surface area (Å²) < 4.78 is 0. The molecule has 5 heteroatoms. The molecule has 0 aromatic heterocycles. The molecule has 1 saturated heterocycles. The predicted molar refractivity (Wildman–Crippen MR) is 79.8 cm³/mol. The fourth-order valence-electron chi connectivity index (χ4n) is 2.90. The molecule has 110 valence electrons. The van der Waals surface area contributed by atoms with Crippen molar-refractivity contribution in [2.75, 3.05) is 25.9 Å². The molecule has 1 aromatic rings. The van der Waals surface area contributed by atoms with Crippen LogP contribution in [0.25, 0.3) is 0 Å². The van der Waals surface area contributed by atoms with Crippen molar-refractivity contribution in [1.82, 2.24) is 9.80 Å². The van der Waals surface area contributed by atoms with Gasteiger partial charge in [0, 0.05) is 37.4 Å². The van der Waals surface area contributed by atoms with Crippen LogP contribution in [0, 0.1) is 0 Å². The quantitative estimate of drug-likeness (QED) is 0.819. The van der Waals surface area contributed by atoms with Crippen LogP contribution in [-0.2, 0) is 6.54 Å². The Morgan fingerprint density at radius 3 is 2.50 bits per heavy atom. The van der Waals surface area contributed by atoms with Gasteiger partial charge in [0.1, 0.15) is 0 Å². The third kappa shape index (κ3) is 2.94. The largest absolute Gasteiger partial charge is 0.478 e. The molecule has 20 heavy (non-hydrogen) atoms. The third-order valence-electron chi connectivity index (χ3n) is 4.23. The van der Waals surface area contributed by atoms with E-state index in [9.17, 15) is 9.90 Å². The predicted octanol–water partition coefficient (Wildman–Crippen LogP) is 1.49. The highest BCUT2D eigenvalue weighted by atomic mass is 16.4. The summed E-state index contributed by atoms with van der Waals surface area (Å²) >= 11 is 0. The first-order valence-electron chi connectivity index (χ1n) is 6.95. The fraction of sp³-hybridized carbons (Fsp3) is 0.533. The Balaban J connectivity index is 2.19. The summed E-state index contributed by atoms with van der Waals surface area (Å²) in [4.78, 5) is 16.0. The van der Waals surface area contributed by atoms with E-state index < -0.39 is 5.97 Å². The van der Waals surface area contributed by atoms with Gasteiger partial charge >= 0.3 is 5.97 Å². The Morgan fingerprint density at radius 1 is 1.35 bits per heavy atom. The van der Waals surface area contributed by atoms with Gasteiger partial charge in [0.2, 0.25) is 0 Å². The number of anilines is 1. The van der Waals surface area contributed by atoms with Crippen LogP contribution in [0.3, 0.4) is 0 Å². The Labute approximate surface area is 120 Å². The van der Waals surface area contributed by atoms with Gasteiger partial charge in [-0.05, 0) is 32.5 Å². The molecule has 1 aliphatic rings. The number of nitrogens with two attached hydrogens (primary N) is 1. The molecular formula is C15H23N3O2. The number of piperazine rings is 1. The Hall–Kier alpha value is -1.59. The first-order chi connectivity index (χ1) is 9.40. The van der Waals surface area contributed by atoms with E-state index >= 15 is 0 Å². The Bertz CT molecular complexity index is 492. The maximum absolute atomic E-state index is 11.4. The number of likely N-dealkylation sites (N-methyl/N-ethyl adjacent to an activating group) is 1. The van der Waals surface area contributed by atoms with Crippen LogP contribution in [0.4, 0.5) is 5.69 Å². The highest BCUT2D eigenvalue weighted by molar-refractivity contribution is 5.95. The van der Waals surface area contributed by atoms with Crippen molar-refractivity contribution in [3.8, 4) is 0 Å². The van der Waals surface area contributed by atoms with Gasteiger partial charge in [0.25, 0.3) is 0 Å². The van der Waals surface area contributed by atoms with Crippen molar-refractivity contribution >= 4 is 11.7 Å². The van der Waals surface area contributed by atoms with Crippen LogP contribution in [0.2, 0.25) is 0 Å². The summed E-state index contributed by atoms with van der Waals surface area (Å²) in [5.74, 6) is -0.951. The lowest BCUT2D eigenvalue weighted by molar-refractivity contribution is 0.0548. The van der Waals surface area contributed by atoms with Crippen molar-refractivity contribution < 1.29 is 9.90 Å². The molecule has 1 aliphatic heterocycles. The van der Waals surface area contributed by atoms with Gasteiger partial charge < -0.3 is 10.8 Å². The molecule has 0 saturated carbocycles. The average molecular weight is 277 g/mol. The molecule has 2 atom stereocenters. The second-order valence-electron chi connectivity index (χ2n) is 5.74. The van der Waals surface area contributed by atoms with Gasteiger partial charge in [0.05, 0.1) is 5.56 Å². The molecule has 0 amide bonds. The third-order valence-corrected chi connectivity index (χ3v) is 4.23. The minimum atomic E-state index is -0.951. The van der Waals surface area contributed by atoms with E-state index in [1.54, 1.807) is 6.07 Å². The Kier molecular flexibility index (Phi) is 4.30. The van der Waals surface area contributed by atoms with Gasteiger partial charge in [-0.25, -0.2) is 4.79 Å². The molecule has 0 aliphatic carbocycles. The zero-order valence-electron chi connectivity index (χ0n) is 12.3. The van der Waals surface area contributed by atoms with Crippen molar-refractivity contribution in [2.45, 2.75) is 32.5 Å². The number of carboxylic acids is 1. The molecule has 0 bridgehead atoms. The number of nitrogens with zero attached hydrogens (tertiary/aromatic N) is 2. The van der Waals surface area contributed by atoms with Crippen LogP contribution >= 0.6 is 0 Å². The molecule has 2 unspecified atom stereocenters. The number of hydrogen-bond acceptors (Lipinski definition) is 4. The van der Waals surface area contributed by atoms with E-state index in [2.05, 4.69) is 30.7 Å². The van der Waals surface area contributed by atoms with Gasteiger partial charge in [-0.15, -0.1) is 0 Å². The summed E-state index contributed by atoms with van der Waals surface area (Å²) in [7, 11) is 2.13. The number of hydrogen-bond donors (Lipinski definition) is 2. The highest BCUT2D eigenvalue weighted by Crippen LogP contribution is 2.21. The molecule has 2 rings (SSSR count). The molecule has 0 radical (unpaired) electrons. The van der Waals surface area contributed by atoms with E-state index in [1.165, 1.54) is 0 Å². The van der Waals surface area contributed by atoms with Crippen LogP contribution in [0.5, 0.6) is 0 Å². The Morgan fingerprint density at radius 2 is 1.95 bits per heavy atom. The van der Waals surface area contributed by atoms with E-state index in [0.717, 1.165) is 18.7 Å². The van der Waals surface area contributed by atoms with Gasteiger partial charge in [-0.1, -0.05) is 12.1 Å². The van der Waals surface area contributed by atoms with Crippen LogP contribution < -0.4 is 5.73 Å². The second kappa shape index (κ2) is 5.81. The van der Waals surface area contributed by atoms with Gasteiger partial charge in [-0.3, -0.25) is 9.80 Å². The van der Waals surface area contributed by atoms with E-state index in [4.69, 9.17) is 5.73 Å². The fourth-order valence-corrected chi connectivity index (χ4v) is 2.90. The zero-order chi connectivity index (χ0) is 14.9. The average Bonchev–Trinajstić information content (AvgIpc) is 2.35. The maximum atomic E-state index is 11.4. The summed E-state index contributed by atoms with van der Waals surface area (Å²) in [6.07, 6.45) is 0. The highest BCUT2D eigenvalue weighted by Gasteiger charge is 2.27. The van der Waals surface area contributed by atoms with Gasteiger partial charge in [-0.2, -0.15) is 0 Å². The van der Waals surface area contributed by atoms with Crippen LogP contribution in [0.15, 0.2) is 18.2 Å². The normalized spacial score (nSPS) is 24.8. The zero-order valence-corrected chi connectivity index (χ0v) is 12.3. The van der Waals surface area contributed by atoms with Crippen LogP contribution in [-0.4, -0.2) is 53.1 Å². The lowest BCUT2D eigenvalue weighted by Crippen LogP contribution is -2.54. The lowest BCUT2D eigenvalue weighted by Gasteiger charge is -2.42. The monoisotopic (exact) mass is 277 g/mol. The smallest absolute Gasteiger partial charge is 0.338 e. The molecule has 1 heterocycles. The summed E-state index contributed by atoms with van der Waals surface area (Å²) in [5, 5.41) is 9.32. The first-order valence-corrected chi connectivity index (χ1v) is 6.95. The summed E-state index contributed by atoms with van der Waals surface area (Å²) in [6, 6.07) is 6.25. The first kappa shape index (κ1) is 14.8. The minimum absolute atomic E-state index is 0.242. The maximum Gasteiger partial charge on any atom is 0.338 e. The number of rotatable bonds is 3. The molecule has 1 aromatic carbocycles. The molecule has 3 N–H and O–H groups in total. The van der Waals surface area contributed by atoms with E-state index in [1.807, 2.05) is 12.1 Å². The van der Waals surface area contributed by atoms with E-state index in [0.29, 0.717) is 24.3 Å². The number of benzene rings is 1. The molecule has 5 nitrogen and oxygen atoms in total. The van der Waals surface area contributed by atoms with Crippen molar-refractivity contribution in [1.29, 1.82) is 0 Å². The standard InChI is InChI=1S/C15H23N3O2/c1-10-7-18(8-11(2)17(10)3)9-12-5-4-6-13(16)14(12)15(19)20/h4-6,10-11H,7-9,16H2,1-3H3,(H,19,20). The van der Waals surface area contributed by atoms with Crippen LogP contribution in [0.1, 0.15) is 29.8 Å². The van der Waals surface area contributed by atoms with Gasteiger partial charge in [0.15, 0.2) is 0 Å². The topological polar surface area (TPSA) is 69.8 Å². The number of nitrogen functional groups attached to an aromatic ring is 1. The summed E-state index contributed by atoms with van der Waals surface area (Å²) in [6.45, 7) is 6.90. The number of carbonyl (C=O) groups is 1. The number of aromatic carboxylic acids is 1. The summed E-state index contributed by atoms with van der Waals surface area (Å²) in [5.41, 5.74) is 7.17. The second-order valence-corrected chi connectivity index (χ2v) is 5.74. The van der Waals surface area contributed by atoms with Crippen molar-refractivity contribution in [2.24, 2.45) is 0 Å². The SMILES string of the molecule is CC1CN(Cc2cccc(N)c2C(=O)O)CC(C)N1C. The lowest BCUT2D eigenvalue weighted by atomic mass is 10.0. The van der Waals surface area contributed by atoms with E-state index in [-0.39, 0.29) is 5.56 Å². The molecular weight excluding hydrogens is 254 g/mol. The van der Waals surface area contributed by atoms with Crippen molar-refractivity contribution in [3.63, 3.8) is 0 Å². The number of carboxylic acid groups (broad SMARTS) is 1. The minimum Gasteiger partial charge on any atom is -0.478 e.